The molecule has 0 saturated carbocycles. The maximum atomic E-state index is 12.3. The highest BCUT2D eigenvalue weighted by molar-refractivity contribution is 6.36. The smallest absolute Gasteiger partial charge is 0.266 e. The lowest BCUT2D eigenvalue weighted by atomic mass is 10.1. The van der Waals surface area contributed by atoms with Crippen molar-refractivity contribution in [3.05, 3.63) is 63.6 Å². The summed E-state index contributed by atoms with van der Waals surface area (Å²) in [6, 6.07) is 13.8. The lowest BCUT2D eigenvalue weighted by Crippen LogP contribution is -2.13. The molecule has 2 rings (SSSR count). The first-order valence-corrected chi connectivity index (χ1v) is 8.90. The summed E-state index contributed by atoms with van der Waals surface area (Å²) < 4.78 is 5.59. The number of carbonyl (C=O) groups is 1. The highest BCUT2D eigenvalue weighted by Gasteiger charge is 2.11. The molecule has 0 radical (unpaired) electrons. The Kier molecular flexibility index (Phi) is 7.53. The number of ether oxygens (including phenoxy) is 1. The van der Waals surface area contributed by atoms with Crippen LogP contribution in [-0.4, -0.2) is 12.5 Å². The first kappa shape index (κ1) is 19.8. The third-order valence-corrected chi connectivity index (χ3v) is 4.05. The molecule has 6 heteroatoms. The van der Waals surface area contributed by atoms with E-state index in [-0.39, 0.29) is 5.57 Å². The third kappa shape index (κ3) is 5.80. The van der Waals surface area contributed by atoms with Gasteiger partial charge in [0.2, 0.25) is 0 Å². The van der Waals surface area contributed by atoms with Gasteiger partial charge in [-0.25, -0.2) is 0 Å². The summed E-state index contributed by atoms with van der Waals surface area (Å²) in [6.07, 6.45) is 3.57. The van der Waals surface area contributed by atoms with Crippen molar-refractivity contribution >= 4 is 40.9 Å². The van der Waals surface area contributed by atoms with Gasteiger partial charge in [0.25, 0.3) is 5.91 Å². The van der Waals surface area contributed by atoms with E-state index in [1.165, 1.54) is 12.1 Å². The maximum absolute atomic E-state index is 12.3. The van der Waals surface area contributed by atoms with Gasteiger partial charge in [-0.3, -0.25) is 4.79 Å². The fraction of sp³-hybridized carbons (Fsp3) is 0.200. The minimum Gasteiger partial charge on any atom is -0.494 e. The predicted octanol–water partition coefficient (Wildman–Crippen LogP) is 5.72. The Morgan fingerprint density at radius 2 is 1.96 bits per heavy atom. The lowest BCUT2D eigenvalue weighted by molar-refractivity contribution is -0.112. The molecule has 0 aliphatic heterocycles. The summed E-state index contributed by atoms with van der Waals surface area (Å²) in [7, 11) is 0. The monoisotopic (exact) mass is 388 g/mol. The molecule has 26 heavy (non-hydrogen) atoms. The Morgan fingerprint density at radius 1 is 1.23 bits per heavy atom. The molecular weight excluding hydrogens is 371 g/mol. The number of unbranched alkanes of at least 4 members (excludes halogenated alkanes) is 1. The molecule has 1 N–H and O–H groups in total. The minimum atomic E-state index is -0.542. The van der Waals surface area contributed by atoms with Crippen LogP contribution in [0.2, 0.25) is 10.0 Å². The molecule has 0 spiro atoms. The van der Waals surface area contributed by atoms with Crippen LogP contribution < -0.4 is 10.1 Å². The Bertz CT molecular complexity index is 840. The maximum Gasteiger partial charge on any atom is 0.266 e. The Hall–Kier alpha value is -2.48. The van der Waals surface area contributed by atoms with E-state index >= 15 is 0 Å². The Balaban J connectivity index is 2.09. The van der Waals surface area contributed by atoms with Gasteiger partial charge in [-0.15, -0.1) is 0 Å². The molecule has 2 aromatic carbocycles. The van der Waals surface area contributed by atoms with E-state index in [0.717, 1.165) is 24.2 Å². The second kappa shape index (κ2) is 9.86. The van der Waals surface area contributed by atoms with Gasteiger partial charge < -0.3 is 10.1 Å². The molecule has 2 aromatic rings. The van der Waals surface area contributed by atoms with Gasteiger partial charge >= 0.3 is 0 Å². The number of nitrogens with one attached hydrogen (secondary N) is 1. The summed E-state index contributed by atoms with van der Waals surface area (Å²) in [5.41, 5.74) is 1.08. The minimum absolute atomic E-state index is 0.0318. The molecule has 4 nitrogen and oxygen atoms in total. The predicted molar refractivity (Wildman–Crippen MR) is 106 cm³/mol. The van der Waals surface area contributed by atoms with Crippen LogP contribution in [0.3, 0.4) is 0 Å². The van der Waals surface area contributed by atoms with Gasteiger partial charge in [0.15, 0.2) is 0 Å². The standard InChI is InChI=1S/C20H18Cl2N2O2/c1-2-3-10-26-17-7-4-14(5-8-17)11-15(13-23)20(25)24-19-9-6-16(21)12-18(19)22/h4-9,11-12H,2-3,10H2,1H3,(H,24,25)/b15-11-. The second-order valence-electron chi connectivity index (χ2n) is 5.52. The van der Waals surface area contributed by atoms with Crippen molar-refractivity contribution in [3.8, 4) is 11.8 Å². The Labute approximate surface area is 163 Å². The van der Waals surface area contributed by atoms with E-state index in [9.17, 15) is 10.1 Å². The summed E-state index contributed by atoms with van der Waals surface area (Å²) >= 11 is 11.9. The van der Waals surface area contributed by atoms with Crippen LogP contribution in [0, 0.1) is 11.3 Å². The van der Waals surface area contributed by atoms with Crippen molar-refractivity contribution < 1.29 is 9.53 Å². The molecular formula is C20H18Cl2N2O2. The average Bonchev–Trinajstić information content (AvgIpc) is 2.63. The van der Waals surface area contributed by atoms with Crippen molar-refractivity contribution in [2.75, 3.05) is 11.9 Å². The molecule has 0 aliphatic carbocycles. The molecule has 0 unspecified atom stereocenters. The Morgan fingerprint density at radius 3 is 2.58 bits per heavy atom. The van der Waals surface area contributed by atoms with Crippen LogP contribution in [0.25, 0.3) is 6.08 Å². The number of hydrogen-bond donors (Lipinski definition) is 1. The van der Waals surface area contributed by atoms with Crippen LogP contribution in [0.15, 0.2) is 48.0 Å². The van der Waals surface area contributed by atoms with Gasteiger partial charge in [0, 0.05) is 5.02 Å². The molecule has 1 amide bonds. The first-order chi connectivity index (χ1) is 12.5. The quantitative estimate of drug-likeness (QED) is 0.374. The van der Waals surface area contributed by atoms with E-state index in [4.69, 9.17) is 27.9 Å². The average molecular weight is 389 g/mol. The fourth-order valence-corrected chi connectivity index (χ4v) is 2.55. The number of rotatable bonds is 7. The van der Waals surface area contributed by atoms with E-state index in [2.05, 4.69) is 12.2 Å². The first-order valence-electron chi connectivity index (χ1n) is 8.14. The third-order valence-electron chi connectivity index (χ3n) is 3.50. The molecule has 0 heterocycles. The molecule has 0 aliphatic rings. The number of anilines is 1. The zero-order valence-corrected chi connectivity index (χ0v) is 15.8. The van der Waals surface area contributed by atoms with Crippen molar-refractivity contribution in [2.24, 2.45) is 0 Å². The molecule has 0 bridgehead atoms. The van der Waals surface area contributed by atoms with Gasteiger partial charge in [0.1, 0.15) is 17.4 Å². The van der Waals surface area contributed by atoms with E-state index in [1.54, 1.807) is 24.3 Å². The summed E-state index contributed by atoms with van der Waals surface area (Å²) in [5, 5.41) is 12.7. The number of halogens is 2. The van der Waals surface area contributed by atoms with Gasteiger partial charge in [-0.05, 0) is 48.4 Å². The molecule has 0 fully saturated rings. The van der Waals surface area contributed by atoms with Crippen molar-refractivity contribution in [1.82, 2.24) is 0 Å². The summed E-state index contributed by atoms with van der Waals surface area (Å²) in [5.74, 6) is 0.214. The van der Waals surface area contributed by atoms with Crippen LogP contribution in [0.4, 0.5) is 5.69 Å². The molecule has 0 atom stereocenters. The zero-order valence-electron chi connectivity index (χ0n) is 14.3. The highest BCUT2D eigenvalue weighted by Crippen LogP contribution is 2.26. The van der Waals surface area contributed by atoms with Crippen LogP contribution >= 0.6 is 23.2 Å². The normalized spacial score (nSPS) is 10.9. The lowest BCUT2D eigenvalue weighted by Gasteiger charge is -2.07. The second-order valence-corrected chi connectivity index (χ2v) is 6.36. The number of carbonyl (C=O) groups excluding carboxylic acids is 1. The van der Waals surface area contributed by atoms with E-state index in [0.29, 0.717) is 22.3 Å². The zero-order chi connectivity index (χ0) is 18.9. The van der Waals surface area contributed by atoms with Crippen molar-refractivity contribution in [3.63, 3.8) is 0 Å². The van der Waals surface area contributed by atoms with Crippen molar-refractivity contribution in [1.29, 1.82) is 5.26 Å². The molecule has 0 saturated heterocycles. The molecule has 134 valence electrons. The van der Waals surface area contributed by atoms with Gasteiger partial charge in [-0.1, -0.05) is 48.7 Å². The summed E-state index contributed by atoms with van der Waals surface area (Å²) in [6.45, 7) is 2.77. The number of hydrogen-bond acceptors (Lipinski definition) is 3. The van der Waals surface area contributed by atoms with E-state index in [1.807, 2.05) is 18.2 Å². The summed E-state index contributed by atoms with van der Waals surface area (Å²) in [4.78, 5) is 12.3. The largest absolute Gasteiger partial charge is 0.494 e. The van der Waals surface area contributed by atoms with Crippen LogP contribution in [0.1, 0.15) is 25.3 Å². The topological polar surface area (TPSA) is 62.1 Å². The van der Waals surface area contributed by atoms with E-state index < -0.39 is 5.91 Å². The van der Waals surface area contributed by atoms with Crippen LogP contribution in [0.5, 0.6) is 5.75 Å². The molecule has 0 aromatic heterocycles. The van der Waals surface area contributed by atoms with Gasteiger partial charge in [0.05, 0.1) is 17.3 Å². The SMILES string of the molecule is CCCCOc1ccc(/C=C(/C#N)C(=O)Nc2ccc(Cl)cc2Cl)cc1. The number of nitrogens with zero attached hydrogens (tertiary/aromatic N) is 1. The number of nitriles is 1. The number of benzene rings is 2. The highest BCUT2D eigenvalue weighted by atomic mass is 35.5. The van der Waals surface area contributed by atoms with Gasteiger partial charge in [-0.2, -0.15) is 5.26 Å². The van der Waals surface area contributed by atoms with Crippen molar-refractivity contribution in [2.45, 2.75) is 19.8 Å². The number of amides is 1. The fourth-order valence-electron chi connectivity index (χ4n) is 2.09. The van der Waals surface area contributed by atoms with Crippen LogP contribution in [-0.2, 0) is 4.79 Å².